The number of benzene rings is 1. The van der Waals surface area contributed by atoms with Crippen LogP contribution < -0.4 is 5.73 Å². The van der Waals surface area contributed by atoms with Gasteiger partial charge in [0.05, 0.1) is 12.0 Å². The lowest BCUT2D eigenvalue weighted by atomic mass is 10.1. The molecule has 2 aromatic rings. The van der Waals surface area contributed by atoms with E-state index in [0.29, 0.717) is 6.54 Å². The van der Waals surface area contributed by atoms with Crippen molar-refractivity contribution < 1.29 is 0 Å². The molecule has 2 N–H and O–H groups in total. The first-order chi connectivity index (χ1) is 9.19. The maximum atomic E-state index is 5.53. The lowest BCUT2D eigenvalue weighted by molar-refractivity contribution is 0.315. The normalized spacial score (nSPS) is 11.2. The van der Waals surface area contributed by atoms with Crippen molar-refractivity contribution in [2.24, 2.45) is 5.73 Å². The Hall–Kier alpha value is -1.65. The van der Waals surface area contributed by atoms with Gasteiger partial charge in [-0.05, 0) is 25.1 Å². The van der Waals surface area contributed by atoms with Crippen LogP contribution in [-0.4, -0.2) is 28.0 Å². The van der Waals surface area contributed by atoms with Gasteiger partial charge in [0.2, 0.25) is 0 Å². The SMILES string of the molecule is Cc1ccccc1CN(C)Cc1cn(CCN)cn1. The van der Waals surface area contributed by atoms with E-state index < -0.39 is 0 Å². The molecule has 2 rings (SSSR count). The molecule has 0 saturated carbocycles. The molecule has 4 heteroatoms. The molecular weight excluding hydrogens is 236 g/mol. The minimum absolute atomic E-state index is 0.648. The summed E-state index contributed by atoms with van der Waals surface area (Å²) in [5.41, 5.74) is 9.32. The molecule has 0 unspecified atom stereocenters. The maximum Gasteiger partial charge on any atom is 0.0950 e. The molecule has 4 nitrogen and oxygen atoms in total. The van der Waals surface area contributed by atoms with E-state index in [9.17, 15) is 0 Å². The zero-order valence-corrected chi connectivity index (χ0v) is 11.7. The predicted molar refractivity (Wildman–Crippen MR) is 77.6 cm³/mol. The summed E-state index contributed by atoms with van der Waals surface area (Å²) in [7, 11) is 2.12. The molecule has 1 heterocycles. The van der Waals surface area contributed by atoms with Crippen molar-refractivity contribution in [1.82, 2.24) is 14.5 Å². The van der Waals surface area contributed by atoms with Crippen LogP contribution in [0.25, 0.3) is 0 Å². The number of aromatic nitrogens is 2. The quantitative estimate of drug-likeness (QED) is 0.859. The Bertz CT molecular complexity index is 518. The molecule has 0 fully saturated rings. The molecule has 0 aliphatic carbocycles. The molecule has 0 bridgehead atoms. The number of nitrogens with two attached hydrogens (primary N) is 1. The lowest BCUT2D eigenvalue weighted by Gasteiger charge is -2.16. The third-order valence-electron chi connectivity index (χ3n) is 3.21. The molecule has 0 aliphatic heterocycles. The van der Waals surface area contributed by atoms with Gasteiger partial charge in [0.1, 0.15) is 0 Å². The van der Waals surface area contributed by atoms with Crippen molar-refractivity contribution in [2.45, 2.75) is 26.6 Å². The van der Waals surface area contributed by atoms with E-state index in [4.69, 9.17) is 5.73 Å². The summed E-state index contributed by atoms with van der Waals surface area (Å²) < 4.78 is 2.04. The minimum Gasteiger partial charge on any atom is -0.336 e. The van der Waals surface area contributed by atoms with Crippen LogP contribution in [0, 0.1) is 6.92 Å². The Kier molecular flexibility index (Phi) is 4.71. The van der Waals surface area contributed by atoms with E-state index in [1.165, 1.54) is 11.1 Å². The summed E-state index contributed by atoms with van der Waals surface area (Å²) in [6, 6.07) is 8.50. The molecule has 0 radical (unpaired) electrons. The van der Waals surface area contributed by atoms with Crippen LogP contribution >= 0.6 is 0 Å². The molecule has 102 valence electrons. The van der Waals surface area contributed by atoms with Gasteiger partial charge in [0.25, 0.3) is 0 Å². The zero-order chi connectivity index (χ0) is 13.7. The van der Waals surface area contributed by atoms with E-state index in [-0.39, 0.29) is 0 Å². The monoisotopic (exact) mass is 258 g/mol. The summed E-state index contributed by atoms with van der Waals surface area (Å²) in [6.07, 6.45) is 3.92. The molecule has 0 spiro atoms. The summed E-state index contributed by atoms with van der Waals surface area (Å²) in [4.78, 5) is 6.68. The fourth-order valence-electron chi connectivity index (χ4n) is 2.17. The van der Waals surface area contributed by atoms with Gasteiger partial charge in [-0.1, -0.05) is 24.3 Å². The maximum absolute atomic E-state index is 5.53. The van der Waals surface area contributed by atoms with Gasteiger partial charge < -0.3 is 10.3 Å². The second-order valence-corrected chi connectivity index (χ2v) is 4.99. The van der Waals surface area contributed by atoms with Crippen molar-refractivity contribution in [1.29, 1.82) is 0 Å². The van der Waals surface area contributed by atoms with Gasteiger partial charge in [-0.25, -0.2) is 4.98 Å². The topological polar surface area (TPSA) is 47.1 Å². The van der Waals surface area contributed by atoms with Crippen LogP contribution in [0.5, 0.6) is 0 Å². The fraction of sp³-hybridized carbons (Fsp3) is 0.400. The molecule has 0 atom stereocenters. The highest BCUT2D eigenvalue weighted by Gasteiger charge is 2.05. The Balaban J connectivity index is 1.93. The molecule has 19 heavy (non-hydrogen) atoms. The van der Waals surface area contributed by atoms with Crippen LogP contribution in [0.15, 0.2) is 36.8 Å². The molecule has 1 aromatic carbocycles. The fourth-order valence-corrected chi connectivity index (χ4v) is 2.17. The first-order valence-electron chi connectivity index (χ1n) is 6.63. The minimum atomic E-state index is 0.648. The van der Waals surface area contributed by atoms with Gasteiger partial charge in [-0.2, -0.15) is 0 Å². The lowest BCUT2D eigenvalue weighted by Crippen LogP contribution is -2.18. The Morgan fingerprint density at radius 1 is 1.26 bits per heavy atom. The standard InChI is InChI=1S/C15H22N4/c1-13-5-3-4-6-14(13)9-18(2)10-15-11-19(8-7-16)12-17-15/h3-6,11-12H,7-10,16H2,1-2H3. The zero-order valence-electron chi connectivity index (χ0n) is 11.7. The molecule has 0 amide bonds. The summed E-state index contributed by atoms with van der Waals surface area (Å²) in [5.74, 6) is 0. The van der Waals surface area contributed by atoms with Gasteiger partial charge in [-0.15, -0.1) is 0 Å². The van der Waals surface area contributed by atoms with Gasteiger partial charge in [0, 0.05) is 32.4 Å². The Morgan fingerprint density at radius 2 is 2.05 bits per heavy atom. The van der Waals surface area contributed by atoms with Crippen molar-refractivity contribution in [2.75, 3.05) is 13.6 Å². The Morgan fingerprint density at radius 3 is 2.79 bits per heavy atom. The average Bonchev–Trinajstić information content (AvgIpc) is 2.80. The number of hydrogen-bond acceptors (Lipinski definition) is 3. The molecular formula is C15H22N4. The second-order valence-electron chi connectivity index (χ2n) is 4.99. The van der Waals surface area contributed by atoms with Gasteiger partial charge in [0.15, 0.2) is 0 Å². The summed E-state index contributed by atoms with van der Waals surface area (Å²) in [5, 5.41) is 0. The average molecular weight is 258 g/mol. The smallest absolute Gasteiger partial charge is 0.0950 e. The molecule has 0 saturated heterocycles. The van der Waals surface area contributed by atoms with Crippen LogP contribution in [-0.2, 0) is 19.6 Å². The summed E-state index contributed by atoms with van der Waals surface area (Å²) in [6.45, 7) is 5.42. The number of nitrogens with zero attached hydrogens (tertiary/aromatic N) is 3. The first kappa shape index (κ1) is 13.8. The van der Waals surface area contributed by atoms with Crippen molar-refractivity contribution in [3.05, 3.63) is 53.6 Å². The number of aryl methyl sites for hydroxylation is 1. The van der Waals surface area contributed by atoms with Crippen LogP contribution in [0.3, 0.4) is 0 Å². The molecule has 1 aromatic heterocycles. The van der Waals surface area contributed by atoms with Crippen molar-refractivity contribution >= 4 is 0 Å². The van der Waals surface area contributed by atoms with E-state index in [0.717, 1.165) is 25.3 Å². The predicted octanol–water partition coefficient (Wildman–Crippen LogP) is 1.78. The number of hydrogen-bond donors (Lipinski definition) is 1. The highest BCUT2D eigenvalue weighted by Crippen LogP contribution is 2.11. The highest BCUT2D eigenvalue weighted by atomic mass is 15.1. The summed E-state index contributed by atoms with van der Waals surface area (Å²) >= 11 is 0. The second kappa shape index (κ2) is 6.50. The number of rotatable bonds is 6. The van der Waals surface area contributed by atoms with Crippen LogP contribution in [0.2, 0.25) is 0 Å². The van der Waals surface area contributed by atoms with Crippen LogP contribution in [0.4, 0.5) is 0 Å². The third-order valence-corrected chi connectivity index (χ3v) is 3.21. The van der Waals surface area contributed by atoms with E-state index >= 15 is 0 Å². The molecule has 0 aliphatic rings. The third kappa shape index (κ3) is 3.91. The Labute approximate surface area is 114 Å². The van der Waals surface area contributed by atoms with E-state index in [1.807, 2.05) is 10.9 Å². The number of imidazole rings is 1. The largest absolute Gasteiger partial charge is 0.336 e. The van der Waals surface area contributed by atoms with E-state index in [2.05, 4.69) is 54.3 Å². The van der Waals surface area contributed by atoms with Crippen molar-refractivity contribution in [3.8, 4) is 0 Å². The van der Waals surface area contributed by atoms with Crippen molar-refractivity contribution in [3.63, 3.8) is 0 Å². The first-order valence-corrected chi connectivity index (χ1v) is 6.63. The van der Waals surface area contributed by atoms with Crippen LogP contribution in [0.1, 0.15) is 16.8 Å². The highest BCUT2D eigenvalue weighted by molar-refractivity contribution is 5.25. The van der Waals surface area contributed by atoms with Gasteiger partial charge >= 0.3 is 0 Å². The van der Waals surface area contributed by atoms with Gasteiger partial charge in [-0.3, -0.25) is 4.90 Å². The van der Waals surface area contributed by atoms with E-state index in [1.54, 1.807) is 0 Å².